The molecule has 1 N–H and O–H groups in total. The van der Waals surface area contributed by atoms with E-state index in [-0.39, 0.29) is 18.4 Å². The van der Waals surface area contributed by atoms with Gasteiger partial charge in [0.1, 0.15) is 17.0 Å². The molecule has 1 aliphatic heterocycles. The van der Waals surface area contributed by atoms with E-state index in [0.717, 1.165) is 16.9 Å². The Labute approximate surface area is 223 Å². The number of fused-ring (bicyclic) bond motifs is 1. The third-order valence-corrected chi connectivity index (χ3v) is 7.14. The maximum atomic E-state index is 14.0. The summed E-state index contributed by atoms with van der Waals surface area (Å²) < 4.78 is 6.92. The Morgan fingerprint density at radius 3 is 2.34 bits per heavy atom. The molecule has 0 unspecified atom stereocenters. The third kappa shape index (κ3) is 4.67. The number of aromatic nitrogens is 2. The first-order valence-corrected chi connectivity index (χ1v) is 12.8. The summed E-state index contributed by atoms with van der Waals surface area (Å²) in [6, 6.07) is 27.0. The van der Waals surface area contributed by atoms with Crippen molar-refractivity contribution in [3.63, 3.8) is 0 Å². The first-order valence-electron chi connectivity index (χ1n) is 12.8. The van der Waals surface area contributed by atoms with Gasteiger partial charge in [0.15, 0.2) is 0 Å². The Balaban J connectivity index is 1.53. The van der Waals surface area contributed by atoms with Gasteiger partial charge in [0.25, 0.3) is 5.91 Å². The van der Waals surface area contributed by atoms with E-state index in [1.54, 1.807) is 29.7 Å². The predicted octanol–water partition coefficient (Wildman–Crippen LogP) is 5.42. The summed E-state index contributed by atoms with van der Waals surface area (Å²) in [5.41, 5.74) is 3.61. The van der Waals surface area contributed by atoms with Crippen LogP contribution in [0.2, 0.25) is 0 Å². The lowest BCUT2D eigenvalue weighted by atomic mass is 9.93. The molecule has 7 heteroatoms. The van der Waals surface area contributed by atoms with E-state index in [1.165, 1.54) is 5.56 Å². The predicted molar refractivity (Wildman–Crippen MR) is 148 cm³/mol. The van der Waals surface area contributed by atoms with Crippen LogP contribution >= 0.6 is 0 Å². The van der Waals surface area contributed by atoms with Crippen LogP contribution in [-0.4, -0.2) is 34.2 Å². The molecule has 0 fully saturated rings. The molecular formula is C31H32N4O3. The number of benzene rings is 3. The Morgan fingerprint density at radius 1 is 1.03 bits per heavy atom. The van der Waals surface area contributed by atoms with Crippen LogP contribution in [0, 0.1) is 0 Å². The SMILES string of the molecule is COc1ccc(-c2cc3n(n2)C[C@](C)(C(=O)NCc2ccccc2)N(c2ccc(C(C)C)cc2)C3=O)cc1. The number of carbonyl (C=O) groups excluding carboxylic acids is 2. The third-order valence-electron chi connectivity index (χ3n) is 7.14. The molecule has 38 heavy (non-hydrogen) atoms. The van der Waals surface area contributed by atoms with Crippen LogP contribution in [0.4, 0.5) is 5.69 Å². The summed E-state index contributed by atoms with van der Waals surface area (Å²) in [6.45, 7) is 6.64. The van der Waals surface area contributed by atoms with Gasteiger partial charge in [-0.1, -0.05) is 56.3 Å². The molecule has 0 spiro atoms. The lowest BCUT2D eigenvalue weighted by Crippen LogP contribution is -2.64. The van der Waals surface area contributed by atoms with Crippen molar-refractivity contribution in [2.75, 3.05) is 12.0 Å². The normalized spacial score (nSPS) is 16.9. The van der Waals surface area contributed by atoms with Crippen molar-refractivity contribution in [1.29, 1.82) is 0 Å². The minimum absolute atomic E-state index is 0.219. The molecule has 3 aromatic carbocycles. The summed E-state index contributed by atoms with van der Waals surface area (Å²) in [7, 11) is 1.62. The van der Waals surface area contributed by atoms with Gasteiger partial charge in [-0.05, 0) is 66.4 Å². The van der Waals surface area contributed by atoms with Crippen LogP contribution in [0.3, 0.4) is 0 Å². The molecule has 1 atom stereocenters. The maximum absolute atomic E-state index is 14.0. The summed E-state index contributed by atoms with van der Waals surface area (Å²) in [5, 5.41) is 7.79. The fraction of sp³-hybridized carbons (Fsp3) is 0.258. The number of nitrogens with one attached hydrogen (secondary N) is 1. The zero-order valence-corrected chi connectivity index (χ0v) is 22.1. The van der Waals surface area contributed by atoms with Crippen LogP contribution < -0.4 is 15.0 Å². The Kier molecular flexibility index (Phi) is 6.76. The lowest BCUT2D eigenvalue weighted by Gasteiger charge is -2.43. The number of hydrogen-bond acceptors (Lipinski definition) is 4. The molecule has 0 saturated carbocycles. The molecule has 2 heterocycles. The number of amides is 2. The van der Waals surface area contributed by atoms with E-state index in [9.17, 15) is 9.59 Å². The second-order valence-electron chi connectivity index (χ2n) is 10.1. The van der Waals surface area contributed by atoms with E-state index in [2.05, 4.69) is 19.2 Å². The van der Waals surface area contributed by atoms with Gasteiger partial charge in [-0.15, -0.1) is 0 Å². The molecule has 7 nitrogen and oxygen atoms in total. The van der Waals surface area contributed by atoms with E-state index in [4.69, 9.17) is 9.84 Å². The van der Waals surface area contributed by atoms with Crippen molar-refractivity contribution in [3.8, 4) is 17.0 Å². The molecule has 0 saturated heterocycles. The molecule has 4 aromatic rings. The fourth-order valence-electron chi connectivity index (χ4n) is 4.87. The smallest absolute Gasteiger partial charge is 0.277 e. The molecular weight excluding hydrogens is 476 g/mol. The number of rotatable bonds is 7. The average molecular weight is 509 g/mol. The van der Waals surface area contributed by atoms with E-state index >= 15 is 0 Å². The molecule has 0 bridgehead atoms. The van der Waals surface area contributed by atoms with Crippen molar-refractivity contribution in [2.24, 2.45) is 0 Å². The van der Waals surface area contributed by atoms with E-state index in [0.29, 0.717) is 29.5 Å². The highest BCUT2D eigenvalue weighted by atomic mass is 16.5. The molecule has 5 rings (SSSR count). The average Bonchev–Trinajstić information content (AvgIpc) is 3.36. The van der Waals surface area contributed by atoms with Crippen LogP contribution in [0.1, 0.15) is 48.3 Å². The monoisotopic (exact) mass is 508 g/mol. The molecule has 194 valence electrons. The van der Waals surface area contributed by atoms with Crippen molar-refractivity contribution in [1.82, 2.24) is 15.1 Å². The quantitative estimate of drug-likeness (QED) is 0.362. The zero-order chi connectivity index (χ0) is 26.9. The second-order valence-corrected chi connectivity index (χ2v) is 10.1. The van der Waals surface area contributed by atoms with Gasteiger partial charge >= 0.3 is 0 Å². The van der Waals surface area contributed by atoms with Crippen molar-refractivity contribution < 1.29 is 14.3 Å². The van der Waals surface area contributed by atoms with Crippen LogP contribution in [0.25, 0.3) is 11.3 Å². The highest BCUT2D eigenvalue weighted by Crippen LogP contribution is 2.35. The van der Waals surface area contributed by atoms with Gasteiger partial charge < -0.3 is 10.1 Å². The maximum Gasteiger partial charge on any atom is 0.277 e. The van der Waals surface area contributed by atoms with Crippen LogP contribution in [-0.2, 0) is 17.9 Å². The number of nitrogens with zero attached hydrogens (tertiary/aromatic N) is 3. The number of anilines is 1. The zero-order valence-electron chi connectivity index (χ0n) is 22.1. The largest absolute Gasteiger partial charge is 0.497 e. The lowest BCUT2D eigenvalue weighted by molar-refractivity contribution is -0.126. The topological polar surface area (TPSA) is 76.5 Å². The Morgan fingerprint density at radius 2 is 1.71 bits per heavy atom. The fourth-order valence-corrected chi connectivity index (χ4v) is 4.87. The molecule has 0 aliphatic carbocycles. The number of carbonyl (C=O) groups is 2. The first kappa shape index (κ1) is 25.3. The number of hydrogen-bond donors (Lipinski definition) is 1. The molecule has 1 aromatic heterocycles. The van der Waals surface area contributed by atoms with Crippen LogP contribution in [0.15, 0.2) is 84.9 Å². The Hall–Kier alpha value is -4.39. The number of methoxy groups -OCH3 is 1. The minimum atomic E-state index is -1.19. The van der Waals surface area contributed by atoms with Crippen molar-refractivity contribution >= 4 is 17.5 Å². The summed E-state index contributed by atoms with van der Waals surface area (Å²) in [5.74, 6) is 0.593. The van der Waals surface area contributed by atoms with Crippen LogP contribution in [0.5, 0.6) is 5.75 Å². The standard InChI is InChI=1S/C31H32N4O3/c1-21(2)23-10-14-25(15-11-23)35-29(36)28-18-27(24-12-16-26(38-4)17-13-24)33-34(28)20-31(35,3)30(37)32-19-22-8-6-5-7-9-22/h5-18,21H,19-20H2,1-4H3,(H,32,37)/t31-/m1/s1. The van der Waals surface area contributed by atoms with Gasteiger partial charge in [-0.2, -0.15) is 5.10 Å². The van der Waals surface area contributed by atoms with E-state index < -0.39 is 5.54 Å². The Bertz CT molecular complexity index is 1440. The minimum Gasteiger partial charge on any atom is -0.497 e. The molecule has 2 amide bonds. The number of ether oxygens (including phenoxy) is 1. The summed E-state index contributed by atoms with van der Waals surface area (Å²) in [6.07, 6.45) is 0. The highest BCUT2D eigenvalue weighted by molar-refractivity contribution is 6.12. The van der Waals surface area contributed by atoms with Gasteiger partial charge in [0.2, 0.25) is 5.91 Å². The van der Waals surface area contributed by atoms with E-state index in [1.807, 2.05) is 78.9 Å². The molecule has 0 radical (unpaired) electrons. The highest BCUT2D eigenvalue weighted by Gasteiger charge is 2.48. The van der Waals surface area contributed by atoms with Gasteiger partial charge in [0, 0.05) is 17.8 Å². The van der Waals surface area contributed by atoms with Gasteiger partial charge in [-0.25, -0.2) is 0 Å². The second kappa shape index (κ2) is 10.2. The van der Waals surface area contributed by atoms with Crippen molar-refractivity contribution in [3.05, 3.63) is 102 Å². The first-order chi connectivity index (χ1) is 18.3. The molecule has 1 aliphatic rings. The van der Waals surface area contributed by atoms with Crippen molar-refractivity contribution in [2.45, 2.75) is 45.3 Å². The van der Waals surface area contributed by atoms with Gasteiger partial charge in [0.05, 0.1) is 19.3 Å². The summed E-state index contributed by atoms with van der Waals surface area (Å²) in [4.78, 5) is 29.5. The summed E-state index contributed by atoms with van der Waals surface area (Å²) >= 11 is 0. The van der Waals surface area contributed by atoms with Gasteiger partial charge in [-0.3, -0.25) is 19.2 Å².